The van der Waals surface area contributed by atoms with Gasteiger partial charge in [-0.3, -0.25) is 10.00 Å². The quantitative estimate of drug-likeness (QED) is 0.418. The molecule has 4 rings (SSSR count). The molecule has 4 N–H and O–H groups in total. The summed E-state index contributed by atoms with van der Waals surface area (Å²) in [6.07, 6.45) is 3.60. The second kappa shape index (κ2) is 9.60. The van der Waals surface area contributed by atoms with Gasteiger partial charge in [0, 0.05) is 37.2 Å². The molecule has 0 amide bonds. The molecule has 3 unspecified atom stereocenters. The number of aliphatic hydroxyl groups is 1. The monoisotopic (exact) mass is 440 g/mol. The summed E-state index contributed by atoms with van der Waals surface area (Å²) in [6.45, 7) is 5.18. The lowest BCUT2D eigenvalue weighted by Gasteiger charge is -2.43. The molecule has 10 heteroatoms. The van der Waals surface area contributed by atoms with E-state index in [2.05, 4.69) is 45.6 Å². The first kappa shape index (κ1) is 21.5. The summed E-state index contributed by atoms with van der Waals surface area (Å²) in [4.78, 5) is 12.8. The lowest BCUT2D eigenvalue weighted by atomic mass is 9.90. The van der Waals surface area contributed by atoms with Crippen LogP contribution in [0.25, 0.3) is 10.2 Å². The summed E-state index contributed by atoms with van der Waals surface area (Å²) in [7, 11) is 0. The first-order valence-electron chi connectivity index (χ1n) is 10.7. The number of likely N-dealkylation sites (tertiary alicyclic amines) is 1. The van der Waals surface area contributed by atoms with E-state index in [4.69, 9.17) is 15.2 Å². The van der Waals surface area contributed by atoms with E-state index in [1.165, 1.54) is 0 Å². The van der Waals surface area contributed by atoms with Crippen LogP contribution in [0.1, 0.15) is 45.2 Å². The number of rotatable bonds is 8. The van der Waals surface area contributed by atoms with E-state index in [0.717, 1.165) is 36.0 Å². The number of fused-ring (bicyclic) bond motifs is 1. The summed E-state index contributed by atoms with van der Waals surface area (Å²) in [6, 6.07) is 7.14. The Labute approximate surface area is 185 Å². The zero-order valence-electron chi connectivity index (χ0n) is 17.8. The van der Waals surface area contributed by atoms with Crippen LogP contribution in [0.3, 0.4) is 0 Å². The number of anilines is 3. The van der Waals surface area contributed by atoms with Crippen LogP contribution < -0.4 is 10.6 Å². The van der Waals surface area contributed by atoms with Gasteiger partial charge in [0.1, 0.15) is 10.6 Å². The lowest BCUT2D eigenvalue weighted by molar-refractivity contribution is 0.0858. The highest BCUT2D eigenvalue weighted by molar-refractivity contribution is 7.16. The predicted molar refractivity (Wildman–Crippen MR) is 122 cm³/mol. The smallest absolute Gasteiger partial charge is 0.226 e. The van der Waals surface area contributed by atoms with Crippen LogP contribution in [-0.4, -0.2) is 54.8 Å². The number of nitrogens with one attached hydrogen (secondary N) is 3. The first-order chi connectivity index (χ1) is 15.1. The Morgan fingerprint density at radius 1 is 1.39 bits per heavy atom. The molecule has 0 spiro atoms. The van der Waals surface area contributed by atoms with Crippen molar-refractivity contribution in [1.29, 1.82) is 5.26 Å². The van der Waals surface area contributed by atoms with Crippen LogP contribution in [-0.2, 0) is 6.61 Å². The topological polar surface area (TPSA) is 126 Å². The summed E-state index contributed by atoms with van der Waals surface area (Å²) in [5.74, 6) is 1.90. The molecule has 1 fully saturated rings. The number of nitriles is 1. The highest BCUT2D eigenvalue weighted by atomic mass is 32.1. The summed E-state index contributed by atoms with van der Waals surface area (Å²) in [5.41, 5.74) is 0.638. The minimum Gasteiger partial charge on any atom is -0.390 e. The zero-order valence-corrected chi connectivity index (χ0v) is 18.6. The zero-order chi connectivity index (χ0) is 21.8. The number of piperidine rings is 1. The van der Waals surface area contributed by atoms with Gasteiger partial charge in [0.25, 0.3) is 0 Å². The molecule has 31 heavy (non-hydrogen) atoms. The van der Waals surface area contributed by atoms with Gasteiger partial charge in [-0.15, -0.1) is 11.3 Å². The molecular weight excluding hydrogens is 412 g/mol. The van der Waals surface area contributed by atoms with Gasteiger partial charge in [0.05, 0.1) is 23.8 Å². The number of hydrogen-bond donors (Lipinski definition) is 4. The van der Waals surface area contributed by atoms with E-state index in [1.807, 2.05) is 11.4 Å². The minimum absolute atomic E-state index is 0.0943. The number of aliphatic hydroxyl groups excluding tert-OH is 1. The van der Waals surface area contributed by atoms with Crippen molar-refractivity contribution in [3.8, 4) is 6.07 Å². The number of nitrogens with zero attached hydrogens (tertiary/aromatic N) is 5. The second-order valence-corrected chi connectivity index (χ2v) is 8.86. The van der Waals surface area contributed by atoms with E-state index in [-0.39, 0.29) is 12.6 Å². The Hall–Kier alpha value is -2.74. The van der Waals surface area contributed by atoms with Crippen LogP contribution in [0.15, 0.2) is 17.5 Å². The molecule has 3 atom stereocenters. The third-order valence-corrected chi connectivity index (χ3v) is 6.68. The highest BCUT2D eigenvalue weighted by Crippen LogP contribution is 2.31. The van der Waals surface area contributed by atoms with Gasteiger partial charge in [-0.05, 0) is 37.6 Å². The molecule has 164 valence electrons. The molecule has 4 heterocycles. The molecule has 0 aromatic carbocycles. The van der Waals surface area contributed by atoms with Gasteiger partial charge >= 0.3 is 0 Å². The predicted octanol–water partition coefficient (Wildman–Crippen LogP) is 3.61. The molecular formula is C21H28N8OS. The van der Waals surface area contributed by atoms with Gasteiger partial charge in [0.2, 0.25) is 5.95 Å². The van der Waals surface area contributed by atoms with E-state index >= 15 is 0 Å². The molecule has 1 aliphatic rings. The lowest BCUT2D eigenvalue weighted by Crippen LogP contribution is -2.51. The van der Waals surface area contributed by atoms with Crippen LogP contribution in [0.5, 0.6) is 0 Å². The Morgan fingerprint density at radius 2 is 2.26 bits per heavy atom. The summed E-state index contributed by atoms with van der Waals surface area (Å²) < 4.78 is 0. The van der Waals surface area contributed by atoms with Crippen molar-refractivity contribution < 1.29 is 5.11 Å². The maximum atomic E-state index is 9.26. The average Bonchev–Trinajstić information content (AvgIpc) is 3.42. The SMILES string of the molecule is CCC1CC(Nc2nc(Nc3cc(CO)[nH]n3)c3ccsc3n2)CC(C)N1CCC#N. The Kier molecular flexibility index (Phi) is 6.65. The van der Waals surface area contributed by atoms with Crippen molar-refractivity contribution in [3.05, 3.63) is 23.2 Å². The number of aromatic nitrogens is 4. The van der Waals surface area contributed by atoms with E-state index in [1.54, 1.807) is 17.4 Å². The van der Waals surface area contributed by atoms with Crippen LogP contribution in [0, 0.1) is 11.3 Å². The van der Waals surface area contributed by atoms with Crippen molar-refractivity contribution in [2.24, 2.45) is 0 Å². The maximum absolute atomic E-state index is 9.26. The minimum atomic E-state index is -0.0943. The van der Waals surface area contributed by atoms with Crippen molar-refractivity contribution in [3.63, 3.8) is 0 Å². The maximum Gasteiger partial charge on any atom is 0.226 e. The highest BCUT2D eigenvalue weighted by Gasteiger charge is 2.32. The molecule has 1 saturated heterocycles. The van der Waals surface area contributed by atoms with Gasteiger partial charge < -0.3 is 15.7 Å². The van der Waals surface area contributed by atoms with Crippen LogP contribution >= 0.6 is 11.3 Å². The summed E-state index contributed by atoms with van der Waals surface area (Å²) in [5, 5.41) is 35.0. The van der Waals surface area contributed by atoms with Crippen molar-refractivity contribution in [1.82, 2.24) is 25.1 Å². The fourth-order valence-corrected chi connectivity index (χ4v) is 5.16. The molecule has 9 nitrogen and oxygen atoms in total. The van der Waals surface area contributed by atoms with Gasteiger partial charge in [-0.1, -0.05) is 6.92 Å². The fourth-order valence-electron chi connectivity index (χ4n) is 4.39. The van der Waals surface area contributed by atoms with E-state index in [9.17, 15) is 5.11 Å². The van der Waals surface area contributed by atoms with Crippen molar-refractivity contribution in [2.45, 2.75) is 64.3 Å². The molecule has 0 saturated carbocycles. The van der Waals surface area contributed by atoms with Gasteiger partial charge in [-0.25, -0.2) is 4.98 Å². The number of aromatic amines is 1. The number of H-pyrrole nitrogens is 1. The first-order valence-corrected chi connectivity index (χ1v) is 11.6. The van der Waals surface area contributed by atoms with Gasteiger partial charge in [0.15, 0.2) is 5.82 Å². The van der Waals surface area contributed by atoms with Gasteiger partial charge in [-0.2, -0.15) is 15.3 Å². The molecule has 3 aromatic rings. The molecule has 0 bridgehead atoms. The van der Waals surface area contributed by atoms with Crippen molar-refractivity contribution in [2.75, 3.05) is 17.2 Å². The van der Waals surface area contributed by atoms with Crippen molar-refractivity contribution >= 4 is 39.1 Å². The Balaban J connectivity index is 1.52. The normalized spacial score (nSPS) is 21.8. The molecule has 1 aliphatic heterocycles. The van der Waals surface area contributed by atoms with Crippen LogP contribution in [0.2, 0.25) is 0 Å². The Morgan fingerprint density at radius 3 is 3.00 bits per heavy atom. The molecule has 0 radical (unpaired) electrons. The third-order valence-electron chi connectivity index (χ3n) is 5.88. The standard InChI is InChI=1S/C21H28N8OS/c1-3-16-10-14(9-13(2)29(16)7-4-6-22)23-21-25-19(17-5-8-31-20(17)26-21)24-18-11-15(12-30)27-28-18/h5,8,11,13-14,16,30H,3-4,7,9-10,12H2,1-2H3,(H3,23,24,25,26,27,28). The average molecular weight is 441 g/mol. The van der Waals surface area contributed by atoms with Crippen LogP contribution in [0.4, 0.5) is 17.6 Å². The van der Waals surface area contributed by atoms with E-state index < -0.39 is 0 Å². The molecule has 3 aromatic heterocycles. The summed E-state index contributed by atoms with van der Waals surface area (Å²) >= 11 is 1.57. The number of thiophene rings is 1. The fraction of sp³-hybridized carbons (Fsp3) is 0.524. The third kappa shape index (κ3) is 4.79. The van der Waals surface area contributed by atoms with E-state index in [0.29, 0.717) is 41.8 Å². The Bertz CT molecular complexity index is 1060. The second-order valence-electron chi connectivity index (χ2n) is 7.97. The molecule has 0 aliphatic carbocycles. The number of hydrogen-bond acceptors (Lipinski definition) is 9. The largest absolute Gasteiger partial charge is 0.390 e.